The van der Waals surface area contributed by atoms with Gasteiger partial charge in [-0.1, -0.05) is 41.4 Å². The number of rotatable bonds is 9. The van der Waals surface area contributed by atoms with Crippen LogP contribution in [0.25, 0.3) is 0 Å². The lowest BCUT2D eigenvalue weighted by Crippen LogP contribution is -2.37. The van der Waals surface area contributed by atoms with E-state index in [1.807, 2.05) is 31.2 Å². The lowest BCUT2D eigenvalue weighted by Gasteiger charge is -2.22. The van der Waals surface area contributed by atoms with Crippen LogP contribution in [0.3, 0.4) is 0 Å². The monoisotopic (exact) mass is 488 g/mol. The molecular formula is C24H25ClN2O5S. The first kappa shape index (κ1) is 24.6. The van der Waals surface area contributed by atoms with E-state index in [1.165, 1.54) is 38.5 Å². The summed E-state index contributed by atoms with van der Waals surface area (Å²) in [6, 6.07) is 18.3. The van der Waals surface area contributed by atoms with Crippen LogP contribution in [0.2, 0.25) is 5.02 Å². The van der Waals surface area contributed by atoms with Crippen molar-refractivity contribution in [1.82, 2.24) is 4.31 Å². The molecule has 0 aliphatic rings. The minimum atomic E-state index is -3.98. The summed E-state index contributed by atoms with van der Waals surface area (Å²) in [6.07, 6.45) is 0. The molecule has 0 fully saturated rings. The molecule has 174 valence electrons. The lowest BCUT2D eigenvalue weighted by atomic mass is 10.1. The van der Waals surface area contributed by atoms with Gasteiger partial charge in [0, 0.05) is 17.6 Å². The first-order valence-electron chi connectivity index (χ1n) is 10.1. The molecule has 33 heavy (non-hydrogen) atoms. The Morgan fingerprint density at radius 1 is 1.00 bits per heavy atom. The Kier molecular flexibility index (Phi) is 7.97. The number of ether oxygens (including phenoxy) is 2. The van der Waals surface area contributed by atoms with E-state index < -0.39 is 22.5 Å². The zero-order valence-electron chi connectivity index (χ0n) is 18.5. The average molecular weight is 489 g/mol. The summed E-state index contributed by atoms with van der Waals surface area (Å²) in [4.78, 5) is 13.0. The van der Waals surface area contributed by atoms with Gasteiger partial charge in [-0.15, -0.1) is 0 Å². The number of nitrogens with zero attached hydrogens (tertiary/aromatic N) is 1. The van der Waals surface area contributed by atoms with E-state index >= 15 is 0 Å². The SMILES string of the molecule is COc1ccc(NC(=O)CN(Cc2cccc(C)c2)S(=O)(=O)c2ccc(Cl)cc2)c(OC)c1. The zero-order valence-corrected chi connectivity index (χ0v) is 20.1. The first-order valence-corrected chi connectivity index (χ1v) is 11.9. The minimum Gasteiger partial charge on any atom is -0.497 e. The van der Waals surface area contributed by atoms with E-state index in [2.05, 4.69) is 5.32 Å². The smallest absolute Gasteiger partial charge is 0.243 e. The zero-order chi connectivity index (χ0) is 24.0. The predicted octanol–water partition coefficient (Wildman–Crippen LogP) is 4.50. The average Bonchev–Trinajstić information content (AvgIpc) is 2.79. The van der Waals surface area contributed by atoms with Gasteiger partial charge in [-0.25, -0.2) is 8.42 Å². The summed E-state index contributed by atoms with van der Waals surface area (Å²) >= 11 is 5.92. The molecule has 0 atom stereocenters. The van der Waals surface area contributed by atoms with Gasteiger partial charge in [0.2, 0.25) is 15.9 Å². The molecule has 0 aromatic heterocycles. The molecule has 0 bridgehead atoms. The molecule has 7 nitrogen and oxygen atoms in total. The molecule has 0 heterocycles. The van der Waals surface area contributed by atoms with E-state index in [4.69, 9.17) is 21.1 Å². The first-order chi connectivity index (χ1) is 15.7. The van der Waals surface area contributed by atoms with Gasteiger partial charge in [0.1, 0.15) is 11.5 Å². The topological polar surface area (TPSA) is 84.9 Å². The van der Waals surface area contributed by atoms with E-state index in [1.54, 1.807) is 18.2 Å². The summed E-state index contributed by atoms with van der Waals surface area (Å²) < 4.78 is 38.4. The van der Waals surface area contributed by atoms with Crippen LogP contribution in [-0.2, 0) is 21.4 Å². The third-order valence-electron chi connectivity index (χ3n) is 4.90. The summed E-state index contributed by atoms with van der Waals surface area (Å²) in [5, 5.41) is 3.15. The molecule has 9 heteroatoms. The molecule has 0 saturated carbocycles. The van der Waals surface area contributed by atoms with Gasteiger partial charge < -0.3 is 14.8 Å². The van der Waals surface area contributed by atoms with Crippen molar-refractivity contribution in [1.29, 1.82) is 0 Å². The molecule has 0 aliphatic carbocycles. The van der Waals surface area contributed by atoms with Crippen LogP contribution in [-0.4, -0.2) is 39.4 Å². The fraction of sp³-hybridized carbons (Fsp3) is 0.208. The van der Waals surface area contributed by atoms with Crippen molar-refractivity contribution in [2.24, 2.45) is 0 Å². The van der Waals surface area contributed by atoms with Gasteiger partial charge in [0.15, 0.2) is 0 Å². The highest BCUT2D eigenvalue weighted by Gasteiger charge is 2.27. The number of amides is 1. The number of sulfonamides is 1. The maximum Gasteiger partial charge on any atom is 0.243 e. The van der Waals surface area contributed by atoms with Crippen molar-refractivity contribution in [2.45, 2.75) is 18.4 Å². The third-order valence-corrected chi connectivity index (χ3v) is 6.95. The van der Waals surface area contributed by atoms with Gasteiger partial charge in [0.05, 0.1) is 31.3 Å². The quantitative estimate of drug-likeness (QED) is 0.479. The largest absolute Gasteiger partial charge is 0.497 e. The Morgan fingerprint density at radius 3 is 2.36 bits per heavy atom. The number of nitrogens with one attached hydrogen (secondary N) is 1. The highest BCUT2D eigenvalue weighted by molar-refractivity contribution is 7.89. The van der Waals surface area contributed by atoms with Crippen LogP contribution in [0.4, 0.5) is 5.69 Å². The molecule has 3 aromatic carbocycles. The van der Waals surface area contributed by atoms with Crippen molar-refractivity contribution in [3.8, 4) is 11.5 Å². The van der Waals surface area contributed by atoms with Crippen LogP contribution < -0.4 is 14.8 Å². The molecule has 1 amide bonds. The summed E-state index contributed by atoms with van der Waals surface area (Å²) in [5.41, 5.74) is 2.16. The molecule has 0 radical (unpaired) electrons. The van der Waals surface area contributed by atoms with Crippen molar-refractivity contribution in [2.75, 3.05) is 26.1 Å². The van der Waals surface area contributed by atoms with Gasteiger partial charge in [-0.3, -0.25) is 4.79 Å². The maximum absolute atomic E-state index is 13.4. The van der Waals surface area contributed by atoms with Crippen LogP contribution in [0, 0.1) is 6.92 Å². The molecule has 3 rings (SSSR count). The molecule has 0 spiro atoms. The van der Waals surface area contributed by atoms with Gasteiger partial charge in [-0.05, 0) is 48.9 Å². The Labute approximate surface area is 198 Å². The Morgan fingerprint density at radius 2 is 1.73 bits per heavy atom. The molecule has 0 saturated heterocycles. The normalized spacial score (nSPS) is 11.3. The Bertz CT molecular complexity index is 1230. The van der Waals surface area contributed by atoms with Crippen molar-refractivity contribution >= 4 is 33.2 Å². The van der Waals surface area contributed by atoms with Gasteiger partial charge in [0.25, 0.3) is 0 Å². The van der Waals surface area contributed by atoms with Crippen LogP contribution in [0.15, 0.2) is 71.6 Å². The third kappa shape index (κ3) is 6.25. The van der Waals surface area contributed by atoms with Crippen LogP contribution in [0.5, 0.6) is 11.5 Å². The summed E-state index contributed by atoms with van der Waals surface area (Å²) in [7, 11) is -0.983. The molecular weight excluding hydrogens is 464 g/mol. The van der Waals surface area contributed by atoms with E-state index in [-0.39, 0.29) is 11.4 Å². The number of anilines is 1. The van der Waals surface area contributed by atoms with E-state index in [0.29, 0.717) is 22.2 Å². The number of methoxy groups -OCH3 is 2. The molecule has 0 unspecified atom stereocenters. The Hall–Kier alpha value is -3.07. The van der Waals surface area contributed by atoms with E-state index in [9.17, 15) is 13.2 Å². The molecule has 1 N–H and O–H groups in total. The number of hydrogen-bond acceptors (Lipinski definition) is 5. The minimum absolute atomic E-state index is 0.0276. The highest BCUT2D eigenvalue weighted by atomic mass is 35.5. The van der Waals surface area contributed by atoms with Crippen LogP contribution in [0.1, 0.15) is 11.1 Å². The molecule has 0 aliphatic heterocycles. The molecule has 3 aromatic rings. The predicted molar refractivity (Wildman–Crippen MR) is 128 cm³/mol. The van der Waals surface area contributed by atoms with Crippen LogP contribution >= 0.6 is 11.6 Å². The van der Waals surface area contributed by atoms with Crippen molar-refractivity contribution in [3.63, 3.8) is 0 Å². The van der Waals surface area contributed by atoms with E-state index in [0.717, 1.165) is 15.4 Å². The highest BCUT2D eigenvalue weighted by Crippen LogP contribution is 2.29. The Balaban J connectivity index is 1.89. The fourth-order valence-corrected chi connectivity index (χ4v) is 4.76. The fourth-order valence-electron chi connectivity index (χ4n) is 3.25. The van der Waals surface area contributed by atoms with Gasteiger partial charge in [-0.2, -0.15) is 4.31 Å². The number of halogens is 1. The summed E-state index contributed by atoms with van der Waals surface area (Å²) in [5.74, 6) is 0.452. The second kappa shape index (κ2) is 10.7. The summed E-state index contributed by atoms with van der Waals surface area (Å²) in [6.45, 7) is 1.55. The second-order valence-corrected chi connectivity index (χ2v) is 9.70. The number of aryl methyl sites for hydroxylation is 1. The lowest BCUT2D eigenvalue weighted by molar-refractivity contribution is -0.116. The number of carbonyl (C=O) groups is 1. The van der Waals surface area contributed by atoms with Crippen molar-refractivity contribution in [3.05, 3.63) is 82.9 Å². The number of hydrogen-bond donors (Lipinski definition) is 1. The maximum atomic E-state index is 13.4. The van der Waals surface area contributed by atoms with Gasteiger partial charge >= 0.3 is 0 Å². The number of benzene rings is 3. The standard InChI is InChI=1S/C24H25ClN2O5S/c1-17-5-4-6-18(13-17)15-27(33(29,30)21-10-7-19(25)8-11-21)16-24(28)26-22-12-9-20(31-2)14-23(22)32-3/h4-14H,15-16H2,1-3H3,(H,26,28). The second-order valence-electron chi connectivity index (χ2n) is 7.33. The van der Waals surface area contributed by atoms with Crippen molar-refractivity contribution < 1.29 is 22.7 Å². The number of carbonyl (C=O) groups excluding carboxylic acids is 1.